The Morgan fingerprint density at radius 3 is 2.50 bits per heavy atom. The topological polar surface area (TPSA) is 38.4 Å². The van der Waals surface area contributed by atoms with Crippen molar-refractivity contribution in [2.24, 2.45) is 4.99 Å². The number of aliphatic imine (C=N–C) groups is 1. The molecule has 0 aliphatic rings. The number of anilines is 1. The number of hydrogen-bond donors (Lipinski definition) is 1. The van der Waals surface area contributed by atoms with Gasteiger partial charge in [0.05, 0.1) is 5.69 Å². The standard InChI is InChI=1S/C14H14N2/c1-11-3-2-4-12(9-11)10-16-14-7-5-13(15)6-8-14/h2-10H,15H2,1H3. The molecule has 0 atom stereocenters. The van der Waals surface area contributed by atoms with Gasteiger partial charge in [-0.15, -0.1) is 0 Å². The molecule has 80 valence electrons. The Balaban J connectivity index is 2.18. The second-order valence-electron chi connectivity index (χ2n) is 3.76. The average Bonchev–Trinajstić information content (AvgIpc) is 2.28. The summed E-state index contributed by atoms with van der Waals surface area (Å²) in [5.74, 6) is 0. The van der Waals surface area contributed by atoms with Gasteiger partial charge in [-0.1, -0.05) is 29.8 Å². The molecule has 2 rings (SSSR count). The summed E-state index contributed by atoms with van der Waals surface area (Å²) in [6.45, 7) is 2.07. The third kappa shape index (κ3) is 2.70. The number of nitrogens with two attached hydrogens (primary N) is 1. The second kappa shape index (κ2) is 4.62. The first-order valence-corrected chi connectivity index (χ1v) is 5.20. The van der Waals surface area contributed by atoms with Gasteiger partial charge in [0, 0.05) is 11.9 Å². The summed E-state index contributed by atoms with van der Waals surface area (Å²) < 4.78 is 0. The van der Waals surface area contributed by atoms with E-state index in [-0.39, 0.29) is 0 Å². The Morgan fingerprint density at radius 1 is 1.06 bits per heavy atom. The smallest absolute Gasteiger partial charge is 0.0631 e. The van der Waals surface area contributed by atoms with Gasteiger partial charge in [0.15, 0.2) is 0 Å². The summed E-state index contributed by atoms with van der Waals surface area (Å²) in [5.41, 5.74) is 9.62. The molecule has 0 aliphatic carbocycles. The van der Waals surface area contributed by atoms with Gasteiger partial charge in [-0.25, -0.2) is 0 Å². The number of aryl methyl sites for hydroxylation is 1. The maximum Gasteiger partial charge on any atom is 0.0631 e. The van der Waals surface area contributed by atoms with E-state index in [1.54, 1.807) is 0 Å². The minimum atomic E-state index is 0.759. The monoisotopic (exact) mass is 210 g/mol. The highest BCUT2D eigenvalue weighted by molar-refractivity contribution is 5.82. The molecule has 0 unspecified atom stereocenters. The molecule has 0 aromatic heterocycles. The van der Waals surface area contributed by atoms with Crippen LogP contribution in [0.3, 0.4) is 0 Å². The highest BCUT2D eigenvalue weighted by atomic mass is 14.7. The van der Waals surface area contributed by atoms with E-state index in [4.69, 9.17) is 5.73 Å². The van der Waals surface area contributed by atoms with Gasteiger partial charge in [0.1, 0.15) is 0 Å². The number of nitrogens with zero attached hydrogens (tertiary/aromatic N) is 1. The molecule has 0 amide bonds. The van der Waals surface area contributed by atoms with Crippen LogP contribution in [0.2, 0.25) is 0 Å². The molecular formula is C14H14N2. The zero-order valence-corrected chi connectivity index (χ0v) is 9.22. The molecule has 0 saturated carbocycles. The van der Waals surface area contributed by atoms with Crippen molar-refractivity contribution >= 4 is 17.6 Å². The van der Waals surface area contributed by atoms with E-state index in [1.807, 2.05) is 42.6 Å². The van der Waals surface area contributed by atoms with Gasteiger partial charge in [0.25, 0.3) is 0 Å². The first kappa shape index (κ1) is 10.4. The molecule has 0 fully saturated rings. The van der Waals surface area contributed by atoms with Gasteiger partial charge in [-0.3, -0.25) is 4.99 Å². The molecule has 0 radical (unpaired) electrons. The van der Waals surface area contributed by atoms with E-state index in [0.717, 1.165) is 16.9 Å². The Kier molecular flexibility index (Phi) is 3.01. The number of nitrogen functional groups attached to an aromatic ring is 1. The summed E-state index contributed by atoms with van der Waals surface area (Å²) in [7, 11) is 0. The summed E-state index contributed by atoms with van der Waals surface area (Å²) in [5, 5.41) is 0. The number of hydrogen-bond acceptors (Lipinski definition) is 2. The third-order valence-electron chi connectivity index (χ3n) is 2.30. The van der Waals surface area contributed by atoms with E-state index >= 15 is 0 Å². The quantitative estimate of drug-likeness (QED) is 0.599. The molecule has 2 N–H and O–H groups in total. The third-order valence-corrected chi connectivity index (χ3v) is 2.30. The van der Waals surface area contributed by atoms with Gasteiger partial charge in [0.2, 0.25) is 0 Å². The first-order chi connectivity index (χ1) is 7.74. The zero-order chi connectivity index (χ0) is 11.4. The van der Waals surface area contributed by atoms with Crippen molar-refractivity contribution in [3.05, 3.63) is 59.7 Å². The lowest BCUT2D eigenvalue weighted by atomic mass is 10.1. The van der Waals surface area contributed by atoms with Crippen LogP contribution in [0, 0.1) is 6.92 Å². The summed E-state index contributed by atoms with van der Waals surface area (Å²) in [6.07, 6.45) is 1.86. The van der Waals surface area contributed by atoms with Crippen molar-refractivity contribution in [2.75, 3.05) is 5.73 Å². The Morgan fingerprint density at radius 2 is 1.81 bits per heavy atom. The van der Waals surface area contributed by atoms with Crippen molar-refractivity contribution in [3.8, 4) is 0 Å². The normalized spacial score (nSPS) is 10.8. The van der Waals surface area contributed by atoms with Crippen LogP contribution in [-0.2, 0) is 0 Å². The van der Waals surface area contributed by atoms with Crippen molar-refractivity contribution in [1.29, 1.82) is 0 Å². The van der Waals surface area contributed by atoms with Crippen LogP contribution in [0.15, 0.2) is 53.5 Å². The highest BCUT2D eigenvalue weighted by Crippen LogP contribution is 2.14. The van der Waals surface area contributed by atoms with Crippen LogP contribution in [0.4, 0.5) is 11.4 Å². The fourth-order valence-electron chi connectivity index (χ4n) is 1.46. The lowest BCUT2D eigenvalue weighted by molar-refractivity contribution is 1.45. The summed E-state index contributed by atoms with van der Waals surface area (Å²) in [6, 6.07) is 15.7. The molecule has 16 heavy (non-hydrogen) atoms. The van der Waals surface area contributed by atoms with Crippen molar-refractivity contribution in [1.82, 2.24) is 0 Å². The van der Waals surface area contributed by atoms with Crippen LogP contribution in [-0.4, -0.2) is 6.21 Å². The Bertz CT molecular complexity index is 498. The molecule has 2 aromatic rings. The summed E-state index contributed by atoms with van der Waals surface area (Å²) in [4.78, 5) is 4.38. The Labute approximate surface area is 95.5 Å². The van der Waals surface area contributed by atoms with Gasteiger partial charge in [-0.05, 0) is 36.8 Å². The van der Waals surface area contributed by atoms with Crippen LogP contribution < -0.4 is 5.73 Å². The molecule has 2 nitrogen and oxygen atoms in total. The fraction of sp³-hybridized carbons (Fsp3) is 0.0714. The zero-order valence-electron chi connectivity index (χ0n) is 9.22. The minimum absolute atomic E-state index is 0.759. The van der Waals surface area contributed by atoms with E-state index < -0.39 is 0 Å². The lowest BCUT2D eigenvalue weighted by Gasteiger charge is -1.96. The van der Waals surface area contributed by atoms with Gasteiger partial charge in [-0.2, -0.15) is 0 Å². The van der Waals surface area contributed by atoms with Crippen LogP contribution in [0.25, 0.3) is 0 Å². The maximum atomic E-state index is 5.60. The number of rotatable bonds is 2. The van der Waals surface area contributed by atoms with Crippen molar-refractivity contribution in [3.63, 3.8) is 0 Å². The molecule has 0 spiro atoms. The number of benzene rings is 2. The SMILES string of the molecule is Cc1cccc(C=Nc2ccc(N)cc2)c1. The van der Waals surface area contributed by atoms with Crippen molar-refractivity contribution in [2.45, 2.75) is 6.92 Å². The second-order valence-corrected chi connectivity index (χ2v) is 3.76. The first-order valence-electron chi connectivity index (χ1n) is 5.20. The maximum absolute atomic E-state index is 5.60. The van der Waals surface area contributed by atoms with E-state index in [0.29, 0.717) is 0 Å². The predicted octanol–water partition coefficient (Wildman–Crippen LogP) is 3.33. The molecule has 0 aliphatic heterocycles. The average molecular weight is 210 g/mol. The molecule has 0 heterocycles. The fourth-order valence-corrected chi connectivity index (χ4v) is 1.46. The van der Waals surface area contributed by atoms with Crippen LogP contribution in [0.5, 0.6) is 0 Å². The molecule has 0 bridgehead atoms. The van der Waals surface area contributed by atoms with Crippen LogP contribution >= 0.6 is 0 Å². The molecule has 2 aromatic carbocycles. The van der Waals surface area contributed by atoms with Gasteiger partial charge >= 0.3 is 0 Å². The molecule has 2 heteroatoms. The highest BCUT2D eigenvalue weighted by Gasteiger charge is 1.90. The van der Waals surface area contributed by atoms with Gasteiger partial charge < -0.3 is 5.73 Å². The van der Waals surface area contributed by atoms with E-state index in [1.165, 1.54) is 5.56 Å². The van der Waals surface area contributed by atoms with Crippen molar-refractivity contribution < 1.29 is 0 Å². The Hall–Kier alpha value is -2.09. The molecule has 0 saturated heterocycles. The van der Waals surface area contributed by atoms with Crippen LogP contribution in [0.1, 0.15) is 11.1 Å². The van der Waals surface area contributed by atoms with E-state index in [2.05, 4.69) is 24.0 Å². The molecular weight excluding hydrogens is 196 g/mol. The summed E-state index contributed by atoms with van der Waals surface area (Å²) >= 11 is 0. The lowest BCUT2D eigenvalue weighted by Crippen LogP contribution is -1.83. The van der Waals surface area contributed by atoms with E-state index in [9.17, 15) is 0 Å². The largest absolute Gasteiger partial charge is 0.399 e. The minimum Gasteiger partial charge on any atom is -0.399 e. The predicted molar refractivity (Wildman–Crippen MR) is 69.3 cm³/mol.